The highest BCUT2D eigenvalue weighted by Crippen LogP contribution is 2.22. The van der Waals surface area contributed by atoms with Gasteiger partial charge in [-0.05, 0) is 28.4 Å². The van der Waals surface area contributed by atoms with E-state index in [4.69, 9.17) is 9.47 Å². The molecule has 0 amide bonds. The second-order valence-electron chi connectivity index (χ2n) is 2.52. The molecule has 0 aromatic carbocycles. The van der Waals surface area contributed by atoms with Gasteiger partial charge in [0.25, 0.3) is 0 Å². The SMILES string of the molecule is CCC1OC(OC)C=C(Br)C1=O. The molecule has 12 heavy (non-hydrogen) atoms. The number of methoxy groups -OCH3 is 1. The number of Topliss-reactive ketones (excluding diaryl/α,β-unsaturated/α-hetero) is 1. The van der Waals surface area contributed by atoms with Crippen LogP contribution in [-0.4, -0.2) is 25.3 Å². The summed E-state index contributed by atoms with van der Waals surface area (Å²) >= 11 is 3.17. The average Bonchev–Trinajstić information content (AvgIpc) is 2.09. The Morgan fingerprint density at radius 3 is 2.92 bits per heavy atom. The molecule has 1 heterocycles. The van der Waals surface area contributed by atoms with Gasteiger partial charge >= 0.3 is 0 Å². The van der Waals surface area contributed by atoms with Crippen molar-refractivity contribution in [3.05, 3.63) is 10.6 Å². The number of carbonyl (C=O) groups excluding carboxylic acids is 1. The fourth-order valence-corrected chi connectivity index (χ4v) is 1.49. The van der Waals surface area contributed by atoms with Gasteiger partial charge in [-0.25, -0.2) is 0 Å². The van der Waals surface area contributed by atoms with E-state index in [9.17, 15) is 4.79 Å². The fourth-order valence-electron chi connectivity index (χ4n) is 1.02. The minimum Gasteiger partial charge on any atom is -0.352 e. The number of ether oxygens (including phenoxy) is 2. The number of hydrogen-bond acceptors (Lipinski definition) is 3. The van der Waals surface area contributed by atoms with Gasteiger partial charge in [0.05, 0.1) is 4.48 Å². The topological polar surface area (TPSA) is 35.5 Å². The Morgan fingerprint density at radius 1 is 1.75 bits per heavy atom. The Labute approximate surface area is 79.9 Å². The summed E-state index contributed by atoms with van der Waals surface area (Å²) < 4.78 is 10.8. The molecule has 0 spiro atoms. The number of ketones is 1. The summed E-state index contributed by atoms with van der Waals surface area (Å²) in [6.45, 7) is 1.90. The van der Waals surface area contributed by atoms with Crippen molar-refractivity contribution >= 4 is 21.7 Å². The first-order chi connectivity index (χ1) is 5.69. The van der Waals surface area contributed by atoms with Crippen LogP contribution in [-0.2, 0) is 14.3 Å². The van der Waals surface area contributed by atoms with E-state index in [0.29, 0.717) is 10.9 Å². The molecule has 2 atom stereocenters. The van der Waals surface area contributed by atoms with Crippen LogP contribution in [0.5, 0.6) is 0 Å². The molecule has 0 fully saturated rings. The Kier molecular flexibility index (Phi) is 3.43. The third-order valence-electron chi connectivity index (χ3n) is 1.71. The molecule has 2 unspecified atom stereocenters. The Balaban J connectivity index is 2.76. The first-order valence-corrected chi connectivity index (χ1v) is 4.58. The van der Waals surface area contributed by atoms with Crippen LogP contribution in [0.1, 0.15) is 13.3 Å². The van der Waals surface area contributed by atoms with E-state index in [1.54, 1.807) is 13.2 Å². The first-order valence-electron chi connectivity index (χ1n) is 3.78. The average molecular weight is 235 g/mol. The van der Waals surface area contributed by atoms with Crippen molar-refractivity contribution < 1.29 is 14.3 Å². The maximum Gasteiger partial charge on any atom is 0.198 e. The fraction of sp³-hybridized carbons (Fsp3) is 0.625. The van der Waals surface area contributed by atoms with Crippen LogP contribution in [0.2, 0.25) is 0 Å². The standard InChI is InChI=1S/C8H11BrO3/c1-3-6-8(10)5(9)4-7(11-2)12-6/h4,6-7H,3H2,1-2H3. The lowest BCUT2D eigenvalue weighted by atomic mass is 10.1. The van der Waals surface area contributed by atoms with E-state index in [1.165, 1.54) is 0 Å². The summed E-state index contributed by atoms with van der Waals surface area (Å²) in [7, 11) is 1.55. The molecule has 0 saturated carbocycles. The highest BCUT2D eigenvalue weighted by molar-refractivity contribution is 9.12. The van der Waals surface area contributed by atoms with Crippen LogP contribution in [0.15, 0.2) is 10.6 Å². The van der Waals surface area contributed by atoms with Gasteiger partial charge < -0.3 is 9.47 Å². The molecule has 1 rings (SSSR count). The smallest absolute Gasteiger partial charge is 0.198 e. The van der Waals surface area contributed by atoms with E-state index in [0.717, 1.165) is 0 Å². The van der Waals surface area contributed by atoms with Crippen LogP contribution in [0.25, 0.3) is 0 Å². The summed E-state index contributed by atoms with van der Waals surface area (Å²) in [6, 6.07) is 0. The molecule has 1 aliphatic heterocycles. The van der Waals surface area contributed by atoms with Crippen LogP contribution < -0.4 is 0 Å². The lowest BCUT2D eigenvalue weighted by molar-refractivity contribution is -0.155. The maximum atomic E-state index is 11.3. The number of halogens is 1. The maximum absolute atomic E-state index is 11.3. The Morgan fingerprint density at radius 2 is 2.42 bits per heavy atom. The van der Waals surface area contributed by atoms with Gasteiger partial charge in [-0.1, -0.05) is 6.92 Å². The van der Waals surface area contributed by atoms with E-state index in [1.807, 2.05) is 6.92 Å². The third kappa shape index (κ3) is 1.94. The molecule has 0 aromatic heterocycles. The molecular formula is C8H11BrO3. The minimum absolute atomic E-state index is 0.00852. The van der Waals surface area contributed by atoms with Crippen LogP contribution in [0.3, 0.4) is 0 Å². The summed E-state index contributed by atoms with van der Waals surface area (Å²) in [6.07, 6.45) is 1.52. The predicted molar refractivity (Wildman–Crippen MR) is 48.0 cm³/mol. The molecule has 0 aliphatic carbocycles. The minimum atomic E-state index is -0.401. The molecule has 3 nitrogen and oxygen atoms in total. The Hall–Kier alpha value is -0.190. The van der Waals surface area contributed by atoms with Crippen LogP contribution in [0.4, 0.5) is 0 Å². The van der Waals surface area contributed by atoms with Gasteiger partial charge in [0, 0.05) is 7.11 Å². The summed E-state index contributed by atoms with van der Waals surface area (Å²) in [4.78, 5) is 11.3. The zero-order valence-electron chi connectivity index (χ0n) is 7.04. The van der Waals surface area contributed by atoms with Gasteiger partial charge in [-0.2, -0.15) is 0 Å². The van der Waals surface area contributed by atoms with Crippen LogP contribution in [0, 0.1) is 0 Å². The highest BCUT2D eigenvalue weighted by atomic mass is 79.9. The van der Waals surface area contributed by atoms with E-state index >= 15 is 0 Å². The largest absolute Gasteiger partial charge is 0.352 e. The van der Waals surface area contributed by atoms with Gasteiger partial charge in [-0.15, -0.1) is 0 Å². The molecule has 1 aliphatic rings. The molecule has 4 heteroatoms. The van der Waals surface area contributed by atoms with E-state index in [2.05, 4.69) is 15.9 Å². The molecule has 0 N–H and O–H groups in total. The molecule has 0 saturated heterocycles. The third-order valence-corrected chi connectivity index (χ3v) is 2.37. The lowest BCUT2D eigenvalue weighted by Gasteiger charge is -2.24. The van der Waals surface area contributed by atoms with Gasteiger partial charge in [-0.3, -0.25) is 4.79 Å². The van der Waals surface area contributed by atoms with Gasteiger partial charge in [0.1, 0.15) is 6.10 Å². The van der Waals surface area contributed by atoms with E-state index < -0.39 is 6.29 Å². The number of hydrogen-bond donors (Lipinski definition) is 0. The highest BCUT2D eigenvalue weighted by Gasteiger charge is 2.28. The quantitative estimate of drug-likeness (QED) is 0.729. The zero-order chi connectivity index (χ0) is 9.14. The first kappa shape index (κ1) is 9.89. The lowest BCUT2D eigenvalue weighted by Crippen LogP contribution is -2.33. The predicted octanol–water partition coefficient (Wildman–Crippen LogP) is 1.62. The van der Waals surface area contributed by atoms with Gasteiger partial charge in [0.2, 0.25) is 0 Å². The molecular weight excluding hydrogens is 224 g/mol. The van der Waals surface area contributed by atoms with Crippen molar-refractivity contribution in [2.75, 3.05) is 7.11 Å². The number of rotatable bonds is 2. The summed E-state index contributed by atoms with van der Waals surface area (Å²) in [5.41, 5.74) is 0. The van der Waals surface area contributed by atoms with E-state index in [-0.39, 0.29) is 11.9 Å². The zero-order valence-corrected chi connectivity index (χ0v) is 8.63. The Bertz CT molecular complexity index is 212. The molecule has 68 valence electrons. The monoisotopic (exact) mass is 234 g/mol. The van der Waals surface area contributed by atoms with Crippen molar-refractivity contribution in [3.8, 4) is 0 Å². The molecule has 0 radical (unpaired) electrons. The van der Waals surface area contributed by atoms with Crippen molar-refractivity contribution in [3.63, 3.8) is 0 Å². The van der Waals surface area contributed by atoms with Crippen LogP contribution >= 0.6 is 15.9 Å². The number of carbonyl (C=O) groups is 1. The second-order valence-corrected chi connectivity index (χ2v) is 3.37. The van der Waals surface area contributed by atoms with Crippen molar-refractivity contribution in [1.29, 1.82) is 0 Å². The summed E-state index contributed by atoms with van der Waals surface area (Å²) in [5.74, 6) is -0.00852. The molecule has 0 bridgehead atoms. The van der Waals surface area contributed by atoms with Gasteiger partial charge in [0.15, 0.2) is 12.1 Å². The van der Waals surface area contributed by atoms with Crippen molar-refractivity contribution in [2.24, 2.45) is 0 Å². The summed E-state index contributed by atoms with van der Waals surface area (Å²) in [5, 5.41) is 0. The second kappa shape index (κ2) is 4.16. The normalized spacial score (nSPS) is 30.2. The van der Waals surface area contributed by atoms with Crippen molar-refractivity contribution in [1.82, 2.24) is 0 Å². The molecule has 0 aromatic rings. The van der Waals surface area contributed by atoms with Crippen molar-refractivity contribution in [2.45, 2.75) is 25.7 Å².